The van der Waals surface area contributed by atoms with Crippen LogP contribution < -0.4 is 10.1 Å². The van der Waals surface area contributed by atoms with Crippen LogP contribution in [0.4, 0.5) is 0 Å². The summed E-state index contributed by atoms with van der Waals surface area (Å²) >= 11 is 0. The summed E-state index contributed by atoms with van der Waals surface area (Å²) < 4.78 is 5.59. The third-order valence-corrected chi connectivity index (χ3v) is 4.03. The molecule has 94 valence electrons. The average Bonchev–Trinajstić information content (AvgIpc) is 2.85. The summed E-state index contributed by atoms with van der Waals surface area (Å²) in [7, 11) is 1.76. The van der Waals surface area contributed by atoms with E-state index in [0.717, 1.165) is 18.7 Å². The molecule has 1 heterocycles. The molecule has 0 radical (unpaired) electrons. The summed E-state index contributed by atoms with van der Waals surface area (Å²) in [4.78, 5) is 0. The zero-order valence-electron chi connectivity index (χ0n) is 11.0. The predicted octanol–water partition coefficient (Wildman–Crippen LogP) is 3.45. The van der Waals surface area contributed by atoms with Gasteiger partial charge in [-0.1, -0.05) is 30.3 Å². The van der Waals surface area contributed by atoms with Crippen LogP contribution >= 0.6 is 0 Å². The molecule has 1 N–H and O–H groups in total. The fourth-order valence-corrected chi connectivity index (χ4v) is 3.10. The zero-order chi connectivity index (χ0) is 12.6. The van der Waals surface area contributed by atoms with Crippen molar-refractivity contribution in [3.8, 4) is 5.75 Å². The highest BCUT2D eigenvalue weighted by atomic mass is 16.5. The number of benzene rings is 2. The maximum atomic E-state index is 5.59. The van der Waals surface area contributed by atoms with E-state index in [9.17, 15) is 0 Å². The van der Waals surface area contributed by atoms with Crippen LogP contribution in [0.5, 0.6) is 5.75 Å². The van der Waals surface area contributed by atoms with E-state index in [-0.39, 0.29) is 5.54 Å². The first-order chi connectivity index (χ1) is 8.74. The van der Waals surface area contributed by atoms with Gasteiger partial charge in [0, 0.05) is 11.1 Å². The lowest BCUT2D eigenvalue weighted by Crippen LogP contribution is -2.33. The SMILES string of the molecule is COc1ccc2ccccc2c1C1(C)CCCN1. The molecule has 2 aromatic rings. The third kappa shape index (κ3) is 1.68. The molecule has 1 aliphatic heterocycles. The normalized spacial score (nSPS) is 23.4. The van der Waals surface area contributed by atoms with Gasteiger partial charge in [-0.05, 0) is 43.1 Å². The number of ether oxygens (including phenoxy) is 1. The molecule has 1 unspecified atom stereocenters. The molecule has 2 nitrogen and oxygen atoms in total. The molecule has 2 aromatic carbocycles. The van der Waals surface area contributed by atoms with Gasteiger partial charge in [0.25, 0.3) is 0 Å². The van der Waals surface area contributed by atoms with Crippen LogP contribution in [0.2, 0.25) is 0 Å². The summed E-state index contributed by atoms with van der Waals surface area (Å²) in [5, 5.41) is 6.22. The summed E-state index contributed by atoms with van der Waals surface area (Å²) in [5.74, 6) is 0.991. The molecule has 0 amide bonds. The van der Waals surface area contributed by atoms with Gasteiger partial charge in [-0.3, -0.25) is 0 Å². The Hall–Kier alpha value is -1.54. The third-order valence-electron chi connectivity index (χ3n) is 4.03. The van der Waals surface area contributed by atoms with Crippen LogP contribution in [0.25, 0.3) is 10.8 Å². The molecule has 1 aliphatic rings. The number of methoxy groups -OCH3 is 1. The molecule has 1 saturated heterocycles. The Bertz CT molecular complexity index is 570. The Kier molecular flexibility index (Phi) is 2.75. The summed E-state index contributed by atoms with van der Waals surface area (Å²) in [6.07, 6.45) is 2.39. The highest BCUT2D eigenvalue weighted by Crippen LogP contribution is 2.40. The second-order valence-corrected chi connectivity index (χ2v) is 5.23. The molecule has 1 fully saturated rings. The van der Waals surface area contributed by atoms with E-state index in [1.165, 1.54) is 22.8 Å². The second-order valence-electron chi connectivity index (χ2n) is 5.23. The van der Waals surface area contributed by atoms with Gasteiger partial charge in [0.2, 0.25) is 0 Å². The van der Waals surface area contributed by atoms with Crippen LogP contribution in [0.15, 0.2) is 36.4 Å². The minimum absolute atomic E-state index is 0.0339. The van der Waals surface area contributed by atoms with E-state index in [2.05, 4.69) is 48.6 Å². The summed E-state index contributed by atoms with van der Waals surface area (Å²) in [5.41, 5.74) is 1.34. The molecule has 1 atom stereocenters. The Morgan fingerprint density at radius 1 is 1.17 bits per heavy atom. The zero-order valence-corrected chi connectivity index (χ0v) is 11.0. The van der Waals surface area contributed by atoms with E-state index >= 15 is 0 Å². The molecular formula is C16H19NO. The van der Waals surface area contributed by atoms with E-state index in [1.54, 1.807) is 7.11 Å². The van der Waals surface area contributed by atoms with Crippen LogP contribution in [0.1, 0.15) is 25.3 Å². The first kappa shape index (κ1) is 11.5. The maximum absolute atomic E-state index is 5.59. The Morgan fingerprint density at radius 2 is 2.00 bits per heavy atom. The van der Waals surface area contributed by atoms with Gasteiger partial charge in [-0.2, -0.15) is 0 Å². The molecular weight excluding hydrogens is 222 g/mol. The highest BCUT2D eigenvalue weighted by molar-refractivity contribution is 5.88. The lowest BCUT2D eigenvalue weighted by atomic mass is 9.86. The topological polar surface area (TPSA) is 21.3 Å². The van der Waals surface area contributed by atoms with Crippen molar-refractivity contribution in [3.63, 3.8) is 0 Å². The number of hydrogen-bond acceptors (Lipinski definition) is 2. The van der Waals surface area contributed by atoms with Gasteiger partial charge in [0.05, 0.1) is 7.11 Å². The van der Waals surface area contributed by atoms with Crippen molar-refractivity contribution in [2.75, 3.05) is 13.7 Å². The Labute approximate surface area is 108 Å². The molecule has 2 heteroatoms. The van der Waals surface area contributed by atoms with Crippen molar-refractivity contribution in [3.05, 3.63) is 42.0 Å². The van der Waals surface area contributed by atoms with Crippen molar-refractivity contribution in [1.82, 2.24) is 5.32 Å². The smallest absolute Gasteiger partial charge is 0.124 e. The quantitative estimate of drug-likeness (QED) is 0.869. The van der Waals surface area contributed by atoms with Crippen molar-refractivity contribution < 1.29 is 4.74 Å². The van der Waals surface area contributed by atoms with Crippen LogP contribution in [-0.2, 0) is 5.54 Å². The van der Waals surface area contributed by atoms with Gasteiger partial charge >= 0.3 is 0 Å². The van der Waals surface area contributed by atoms with Crippen LogP contribution in [-0.4, -0.2) is 13.7 Å². The van der Waals surface area contributed by atoms with Gasteiger partial charge in [-0.25, -0.2) is 0 Å². The fraction of sp³-hybridized carbons (Fsp3) is 0.375. The van der Waals surface area contributed by atoms with E-state index in [1.807, 2.05) is 0 Å². The summed E-state index contributed by atoms with van der Waals surface area (Å²) in [6, 6.07) is 12.8. The average molecular weight is 241 g/mol. The number of fused-ring (bicyclic) bond motifs is 1. The number of rotatable bonds is 2. The molecule has 0 saturated carbocycles. The molecule has 0 aromatic heterocycles. The monoisotopic (exact) mass is 241 g/mol. The number of nitrogens with one attached hydrogen (secondary N) is 1. The largest absolute Gasteiger partial charge is 0.496 e. The van der Waals surface area contributed by atoms with Crippen molar-refractivity contribution in [2.24, 2.45) is 0 Å². The van der Waals surface area contributed by atoms with E-state index in [0.29, 0.717) is 0 Å². The Balaban J connectivity index is 2.30. The minimum atomic E-state index is 0.0339. The van der Waals surface area contributed by atoms with Gasteiger partial charge < -0.3 is 10.1 Å². The number of hydrogen-bond donors (Lipinski definition) is 1. The van der Waals surface area contributed by atoms with Gasteiger partial charge in [0.1, 0.15) is 5.75 Å². The lowest BCUT2D eigenvalue weighted by Gasteiger charge is -2.28. The predicted molar refractivity (Wildman–Crippen MR) is 75.1 cm³/mol. The van der Waals surface area contributed by atoms with Gasteiger partial charge in [-0.15, -0.1) is 0 Å². The highest BCUT2D eigenvalue weighted by Gasteiger charge is 2.34. The van der Waals surface area contributed by atoms with Crippen LogP contribution in [0.3, 0.4) is 0 Å². The lowest BCUT2D eigenvalue weighted by molar-refractivity contribution is 0.374. The molecule has 0 bridgehead atoms. The molecule has 18 heavy (non-hydrogen) atoms. The molecule has 0 spiro atoms. The van der Waals surface area contributed by atoms with E-state index in [4.69, 9.17) is 4.74 Å². The van der Waals surface area contributed by atoms with Crippen molar-refractivity contribution >= 4 is 10.8 Å². The second kappa shape index (κ2) is 4.29. The summed E-state index contributed by atoms with van der Waals surface area (Å²) in [6.45, 7) is 3.37. The molecule has 0 aliphatic carbocycles. The first-order valence-electron chi connectivity index (χ1n) is 6.56. The minimum Gasteiger partial charge on any atom is -0.496 e. The van der Waals surface area contributed by atoms with Crippen LogP contribution in [0, 0.1) is 0 Å². The van der Waals surface area contributed by atoms with Crippen molar-refractivity contribution in [2.45, 2.75) is 25.3 Å². The Morgan fingerprint density at radius 3 is 2.72 bits per heavy atom. The van der Waals surface area contributed by atoms with Gasteiger partial charge in [0.15, 0.2) is 0 Å². The standard InChI is InChI=1S/C16H19NO/c1-16(10-5-11-17-16)15-13-7-4-3-6-12(13)8-9-14(15)18-2/h3-4,6-9,17H,5,10-11H2,1-2H3. The van der Waals surface area contributed by atoms with Crippen molar-refractivity contribution in [1.29, 1.82) is 0 Å². The first-order valence-corrected chi connectivity index (χ1v) is 6.56. The molecule has 3 rings (SSSR count). The van der Waals surface area contributed by atoms with E-state index < -0.39 is 0 Å². The maximum Gasteiger partial charge on any atom is 0.124 e. The fourth-order valence-electron chi connectivity index (χ4n) is 3.10.